The number of aromatic nitrogens is 2. The number of imidazole rings is 1. The van der Waals surface area contributed by atoms with Gasteiger partial charge in [-0.25, -0.2) is 9.78 Å². The number of rotatable bonds is 3. The Labute approximate surface area is 196 Å². The van der Waals surface area contributed by atoms with Crippen molar-refractivity contribution in [3.05, 3.63) is 65.3 Å². The first-order valence-corrected chi connectivity index (χ1v) is 11.6. The first-order valence-electron chi connectivity index (χ1n) is 10.7. The third kappa shape index (κ3) is 5.56. The van der Waals surface area contributed by atoms with Gasteiger partial charge in [0.1, 0.15) is 5.82 Å². The summed E-state index contributed by atoms with van der Waals surface area (Å²) in [6.07, 6.45) is -0.877. The molecule has 1 saturated carbocycles. The molecular formula is C24H22F3N3O3S. The highest BCUT2D eigenvalue weighted by molar-refractivity contribution is 7.20. The molecule has 2 heterocycles. The molecule has 178 valence electrons. The number of para-hydroxylation sites is 2. The van der Waals surface area contributed by atoms with Crippen molar-refractivity contribution in [3.8, 4) is 0 Å². The van der Waals surface area contributed by atoms with Crippen LogP contribution in [-0.2, 0) is 4.79 Å². The summed E-state index contributed by atoms with van der Waals surface area (Å²) in [5, 5.41) is 11.5. The van der Waals surface area contributed by atoms with Crippen molar-refractivity contribution in [2.45, 2.75) is 43.8 Å². The van der Waals surface area contributed by atoms with E-state index in [1.54, 1.807) is 11.3 Å². The Kier molecular flexibility index (Phi) is 6.87. The molecule has 1 aliphatic carbocycles. The van der Waals surface area contributed by atoms with Crippen molar-refractivity contribution < 1.29 is 27.9 Å². The number of carbonyl (C=O) groups excluding carboxylic acids is 1. The van der Waals surface area contributed by atoms with E-state index in [2.05, 4.69) is 28.5 Å². The van der Waals surface area contributed by atoms with Gasteiger partial charge >= 0.3 is 12.1 Å². The van der Waals surface area contributed by atoms with Crippen LogP contribution in [0.3, 0.4) is 0 Å². The summed E-state index contributed by atoms with van der Waals surface area (Å²) in [5.41, 5.74) is 2.10. The number of alkyl halides is 3. The van der Waals surface area contributed by atoms with Gasteiger partial charge in [-0.05, 0) is 48.9 Å². The zero-order chi connectivity index (χ0) is 24.3. The number of aliphatic carboxylic acids is 1. The monoisotopic (exact) mass is 489 g/mol. The minimum absolute atomic E-state index is 0.0476. The highest BCUT2D eigenvalue weighted by Gasteiger charge is 2.38. The second-order valence-corrected chi connectivity index (χ2v) is 9.21. The number of nitrogens with one attached hydrogen (secondary N) is 2. The number of carboxylic acids is 1. The molecular weight excluding hydrogens is 467 g/mol. The number of H-pyrrole nitrogens is 1. The van der Waals surface area contributed by atoms with E-state index < -0.39 is 12.1 Å². The fourth-order valence-electron chi connectivity index (χ4n) is 4.09. The maximum absolute atomic E-state index is 12.7. The van der Waals surface area contributed by atoms with Crippen molar-refractivity contribution in [2.24, 2.45) is 0 Å². The maximum Gasteiger partial charge on any atom is 0.490 e. The van der Waals surface area contributed by atoms with Crippen LogP contribution >= 0.6 is 11.3 Å². The molecule has 1 aliphatic rings. The van der Waals surface area contributed by atoms with E-state index >= 15 is 0 Å². The Balaban J connectivity index is 0.000000344. The summed E-state index contributed by atoms with van der Waals surface area (Å²) in [6, 6.07) is 18.5. The van der Waals surface area contributed by atoms with Gasteiger partial charge in [-0.15, -0.1) is 11.3 Å². The molecule has 1 amide bonds. The number of carboxylic acid groups (broad SMARTS) is 1. The average molecular weight is 490 g/mol. The van der Waals surface area contributed by atoms with Crippen molar-refractivity contribution in [3.63, 3.8) is 0 Å². The molecule has 6 nitrogen and oxygen atoms in total. The van der Waals surface area contributed by atoms with E-state index in [9.17, 15) is 18.0 Å². The van der Waals surface area contributed by atoms with Crippen LogP contribution in [0.2, 0.25) is 0 Å². The molecule has 34 heavy (non-hydrogen) atoms. The van der Waals surface area contributed by atoms with Gasteiger partial charge in [0.15, 0.2) is 0 Å². The number of benzene rings is 2. The minimum atomic E-state index is -5.08. The summed E-state index contributed by atoms with van der Waals surface area (Å²) >= 11 is 1.56. The Morgan fingerprint density at radius 3 is 2.50 bits per heavy atom. The molecule has 5 rings (SSSR count). The number of halogens is 3. The Bertz CT molecular complexity index is 1250. The van der Waals surface area contributed by atoms with Crippen molar-refractivity contribution in [1.29, 1.82) is 0 Å². The predicted molar refractivity (Wildman–Crippen MR) is 124 cm³/mol. The van der Waals surface area contributed by atoms with Crippen LogP contribution in [-0.4, -0.2) is 39.2 Å². The molecule has 2 aromatic carbocycles. The van der Waals surface area contributed by atoms with E-state index in [-0.39, 0.29) is 11.9 Å². The van der Waals surface area contributed by atoms with E-state index in [0.29, 0.717) is 5.92 Å². The van der Waals surface area contributed by atoms with Crippen molar-refractivity contribution in [2.75, 3.05) is 0 Å². The quantitative estimate of drug-likeness (QED) is 0.336. The lowest BCUT2D eigenvalue weighted by Crippen LogP contribution is -2.37. The largest absolute Gasteiger partial charge is 0.490 e. The molecule has 10 heteroatoms. The van der Waals surface area contributed by atoms with Crippen molar-refractivity contribution >= 4 is 44.3 Å². The molecule has 2 atom stereocenters. The predicted octanol–water partition coefficient (Wildman–Crippen LogP) is 5.87. The lowest BCUT2D eigenvalue weighted by molar-refractivity contribution is -0.192. The van der Waals surface area contributed by atoms with Crippen LogP contribution in [0.15, 0.2) is 54.6 Å². The number of thiophene rings is 1. The van der Waals surface area contributed by atoms with Crippen LogP contribution < -0.4 is 5.32 Å². The van der Waals surface area contributed by atoms with Crippen LogP contribution in [0.4, 0.5) is 13.2 Å². The number of hydrogen-bond acceptors (Lipinski definition) is 4. The standard InChI is InChI=1S/C22H21N3OS.C2HF3O2/c26-22(20-13-14-6-1-4-11-19(14)27-20)23-16-8-5-7-15(12-16)21-24-17-9-2-3-10-18(17)25-21;3-2(4,5)1(6)7/h1-4,6,9-11,13,15-16H,5,7-8,12H2,(H,23,26)(H,24,25);(H,6,7)/t15-,16+;/m0./s1. The fourth-order valence-corrected chi connectivity index (χ4v) is 5.05. The van der Waals surface area contributed by atoms with E-state index in [1.165, 1.54) is 0 Å². The molecule has 4 aromatic rings. The molecule has 1 fully saturated rings. The summed E-state index contributed by atoms with van der Waals surface area (Å²) in [6.45, 7) is 0. The van der Waals surface area contributed by atoms with Crippen LogP contribution in [0.1, 0.15) is 47.1 Å². The summed E-state index contributed by atoms with van der Waals surface area (Å²) in [5.74, 6) is -1.28. The second kappa shape index (κ2) is 9.84. The van der Waals surface area contributed by atoms with E-state index in [0.717, 1.165) is 57.5 Å². The summed E-state index contributed by atoms with van der Waals surface area (Å²) < 4.78 is 32.9. The lowest BCUT2D eigenvalue weighted by Gasteiger charge is -2.28. The number of fused-ring (bicyclic) bond motifs is 2. The number of amides is 1. The smallest absolute Gasteiger partial charge is 0.475 e. The third-order valence-electron chi connectivity index (χ3n) is 5.70. The van der Waals surface area contributed by atoms with Crippen LogP contribution in [0, 0.1) is 0 Å². The SMILES string of the molecule is O=C(N[C@@H]1CCC[C@H](c2nc3ccccc3[nH]2)C1)c1cc2ccccc2s1.O=C(O)C(F)(F)F. The Morgan fingerprint density at radius 1 is 1.09 bits per heavy atom. The van der Waals surface area contributed by atoms with E-state index in [1.807, 2.05) is 36.4 Å². The van der Waals surface area contributed by atoms with Gasteiger partial charge in [0, 0.05) is 16.7 Å². The van der Waals surface area contributed by atoms with Gasteiger partial charge < -0.3 is 15.4 Å². The van der Waals surface area contributed by atoms with Gasteiger partial charge in [0.25, 0.3) is 5.91 Å². The molecule has 0 bridgehead atoms. The third-order valence-corrected chi connectivity index (χ3v) is 6.81. The van der Waals surface area contributed by atoms with Gasteiger partial charge in [0.2, 0.25) is 0 Å². The van der Waals surface area contributed by atoms with E-state index in [4.69, 9.17) is 14.9 Å². The van der Waals surface area contributed by atoms with Gasteiger partial charge in [-0.2, -0.15) is 13.2 Å². The van der Waals surface area contributed by atoms with Gasteiger partial charge in [-0.1, -0.05) is 36.8 Å². The summed E-state index contributed by atoms with van der Waals surface area (Å²) in [4.78, 5) is 30.7. The number of aromatic amines is 1. The average Bonchev–Trinajstić information content (AvgIpc) is 3.43. The second-order valence-electron chi connectivity index (χ2n) is 8.12. The normalized spacial score (nSPS) is 18.3. The molecule has 0 unspecified atom stereocenters. The first-order chi connectivity index (χ1) is 16.2. The highest BCUT2D eigenvalue weighted by Crippen LogP contribution is 2.33. The first kappa shape index (κ1) is 23.7. The van der Waals surface area contributed by atoms with Gasteiger partial charge in [0.05, 0.1) is 15.9 Å². The lowest BCUT2D eigenvalue weighted by atomic mass is 9.85. The zero-order valence-corrected chi connectivity index (χ0v) is 18.7. The topological polar surface area (TPSA) is 95.1 Å². The van der Waals surface area contributed by atoms with Crippen LogP contribution in [0.5, 0.6) is 0 Å². The minimum Gasteiger partial charge on any atom is -0.475 e. The molecule has 0 radical (unpaired) electrons. The number of nitrogens with zero attached hydrogens (tertiary/aromatic N) is 1. The Morgan fingerprint density at radius 2 is 1.79 bits per heavy atom. The number of carbonyl (C=O) groups is 2. The maximum atomic E-state index is 12.7. The highest BCUT2D eigenvalue weighted by atomic mass is 32.1. The number of hydrogen-bond donors (Lipinski definition) is 3. The summed E-state index contributed by atoms with van der Waals surface area (Å²) in [7, 11) is 0. The zero-order valence-electron chi connectivity index (χ0n) is 17.9. The molecule has 0 saturated heterocycles. The molecule has 2 aromatic heterocycles. The molecule has 0 aliphatic heterocycles. The van der Waals surface area contributed by atoms with Crippen LogP contribution in [0.25, 0.3) is 21.1 Å². The molecule has 0 spiro atoms. The fraction of sp³-hybridized carbons (Fsp3) is 0.292. The van der Waals surface area contributed by atoms with Crippen molar-refractivity contribution in [1.82, 2.24) is 15.3 Å². The van der Waals surface area contributed by atoms with Gasteiger partial charge in [-0.3, -0.25) is 4.79 Å². The molecule has 3 N–H and O–H groups in total. The Hall–Kier alpha value is -3.40.